The van der Waals surface area contributed by atoms with E-state index in [1.165, 1.54) is 5.56 Å². The van der Waals surface area contributed by atoms with E-state index < -0.39 is 0 Å². The molecule has 1 aromatic rings. The number of ketones is 1. The van der Waals surface area contributed by atoms with E-state index in [2.05, 4.69) is 37.3 Å². The molecule has 1 aromatic carbocycles. The zero-order chi connectivity index (χ0) is 12.7. The standard InChI is InChI=1S/C16H20O/c1-13(11-14(2)12-15(3)17)9-10-16-7-5-4-6-8-16/h4-11,13H,12H2,1-3H3/t13-/m0/s1. The Hall–Kier alpha value is -1.63. The number of Topliss-reactive ketones (excluding diaryl/α,β-unsaturated/α-hetero) is 1. The van der Waals surface area contributed by atoms with Gasteiger partial charge in [-0.3, -0.25) is 4.79 Å². The Bertz CT molecular complexity index is 412. The number of hydrogen-bond acceptors (Lipinski definition) is 1. The largest absolute Gasteiger partial charge is 0.300 e. The molecule has 0 heterocycles. The van der Waals surface area contributed by atoms with Gasteiger partial charge in [0.1, 0.15) is 5.78 Å². The van der Waals surface area contributed by atoms with Crippen molar-refractivity contribution in [3.05, 3.63) is 53.6 Å². The molecule has 0 unspecified atom stereocenters. The van der Waals surface area contributed by atoms with Gasteiger partial charge in [0.2, 0.25) is 0 Å². The smallest absolute Gasteiger partial charge is 0.133 e. The van der Waals surface area contributed by atoms with Crippen LogP contribution in [0.3, 0.4) is 0 Å². The molecule has 0 aliphatic carbocycles. The number of allylic oxidation sites excluding steroid dienone is 3. The Kier molecular flexibility index (Phi) is 5.41. The van der Waals surface area contributed by atoms with Crippen molar-refractivity contribution < 1.29 is 4.79 Å². The first-order valence-electron chi connectivity index (χ1n) is 5.98. The van der Waals surface area contributed by atoms with Crippen LogP contribution in [0.1, 0.15) is 32.8 Å². The minimum absolute atomic E-state index is 0.220. The highest BCUT2D eigenvalue weighted by atomic mass is 16.1. The van der Waals surface area contributed by atoms with E-state index in [9.17, 15) is 4.79 Å². The molecule has 0 spiro atoms. The van der Waals surface area contributed by atoms with Gasteiger partial charge in [0, 0.05) is 6.42 Å². The Balaban J connectivity index is 2.57. The van der Waals surface area contributed by atoms with Crippen molar-refractivity contribution in [2.75, 3.05) is 0 Å². The van der Waals surface area contributed by atoms with Crippen LogP contribution in [0, 0.1) is 5.92 Å². The molecule has 1 rings (SSSR count). The maximum Gasteiger partial charge on any atom is 0.133 e. The van der Waals surface area contributed by atoms with Crippen LogP contribution >= 0.6 is 0 Å². The monoisotopic (exact) mass is 228 g/mol. The van der Waals surface area contributed by atoms with E-state index in [0.717, 1.165) is 5.57 Å². The first kappa shape index (κ1) is 13.4. The van der Waals surface area contributed by atoms with Gasteiger partial charge in [0.25, 0.3) is 0 Å². The van der Waals surface area contributed by atoms with Gasteiger partial charge in [-0.2, -0.15) is 0 Å². The first-order chi connectivity index (χ1) is 8.08. The summed E-state index contributed by atoms with van der Waals surface area (Å²) in [6.45, 7) is 5.76. The lowest BCUT2D eigenvalue weighted by molar-refractivity contribution is -0.116. The highest BCUT2D eigenvalue weighted by molar-refractivity contribution is 5.77. The second-order valence-corrected chi connectivity index (χ2v) is 4.52. The van der Waals surface area contributed by atoms with Crippen LogP contribution in [0.15, 0.2) is 48.1 Å². The van der Waals surface area contributed by atoms with E-state index in [1.807, 2.05) is 25.1 Å². The maximum absolute atomic E-state index is 11.0. The summed E-state index contributed by atoms with van der Waals surface area (Å²) in [5.74, 6) is 0.576. The van der Waals surface area contributed by atoms with E-state index in [-0.39, 0.29) is 5.78 Å². The topological polar surface area (TPSA) is 17.1 Å². The number of hydrogen-bond donors (Lipinski definition) is 0. The molecule has 0 amide bonds. The molecule has 0 aliphatic heterocycles. The minimum Gasteiger partial charge on any atom is -0.300 e. The summed E-state index contributed by atoms with van der Waals surface area (Å²) < 4.78 is 0. The van der Waals surface area contributed by atoms with Gasteiger partial charge in [0.15, 0.2) is 0 Å². The molecule has 0 saturated heterocycles. The maximum atomic E-state index is 11.0. The van der Waals surface area contributed by atoms with Gasteiger partial charge in [-0.05, 0) is 25.3 Å². The van der Waals surface area contributed by atoms with Crippen molar-refractivity contribution in [1.82, 2.24) is 0 Å². The molecule has 0 aliphatic rings. The van der Waals surface area contributed by atoms with Gasteiger partial charge in [-0.15, -0.1) is 0 Å². The molecule has 17 heavy (non-hydrogen) atoms. The molecule has 1 heteroatoms. The second kappa shape index (κ2) is 6.85. The number of rotatable bonds is 5. The molecule has 0 saturated carbocycles. The van der Waals surface area contributed by atoms with Gasteiger partial charge in [0.05, 0.1) is 0 Å². The number of benzene rings is 1. The average Bonchev–Trinajstić information content (AvgIpc) is 2.26. The molecule has 0 bridgehead atoms. The first-order valence-corrected chi connectivity index (χ1v) is 5.98. The van der Waals surface area contributed by atoms with Crippen molar-refractivity contribution in [2.24, 2.45) is 5.92 Å². The quantitative estimate of drug-likeness (QED) is 0.688. The normalized spacial score (nSPS) is 13.9. The lowest BCUT2D eigenvalue weighted by atomic mass is 10.0. The third kappa shape index (κ3) is 5.86. The van der Waals surface area contributed by atoms with Crippen LogP contribution in [-0.4, -0.2) is 5.78 Å². The third-order valence-corrected chi connectivity index (χ3v) is 2.47. The molecular weight excluding hydrogens is 208 g/mol. The highest BCUT2D eigenvalue weighted by Crippen LogP contribution is 2.10. The summed E-state index contributed by atoms with van der Waals surface area (Å²) in [4.78, 5) is 11.0. The van der Waals surface area contributed by atoms with E-state index in [1.54, 1.807) is 6.92 Å². The van der Waals surface area contributed by atoms with Crippen LogP contribution in [0.4, 0.5) is 0 Å². The van der Waals surface area contributed by atoms with Crippen molar-refractivity contribution in [3.63, 3.8) is 0 Å². The predicted molar refractivity (Wildman–Crippen MR) is 73.7 cm³/mol. The summed E-state index contributed by atoms with van der Waals surface area (Å²) in [7, 11) is 0. The molecule has 0 fully saturated rings. The summed E-state index contributed by atoms with van der Waals surface area (Å²) in [5, 5.41) is 0. The van der Waals surface area contributed by atoms with Crippen molar-refractivity contribution in [2.45, 2.75) is 27.2 Å². The third-order valence-electron chi connectivity index (χ3n) is 2.47. The summed E-state index contributed by atoms with van der Waals surface area (Å²) >= 11 is 0. The number of carbonyl (C=O) groups excluding carboxylic acids is 1. The Morgan fingerprint density at radius 1 is 1.24 bits per heavy atom. The lowest BCUT2D eigenvalue weighted by Gasteiger charge is -2.02. The van der Waals surface area contributed by atoms with Crippen LogP contribution < -0.4 is 0 Å². The highest BCUT2D eigenvalue weighted by Gasteiger charge is 1.98. The van der Waals surface area contributed by atoms with Gasteiger partial charge < -0.3 is 0 Å². The second-order valence-electron chi connectivity index (χ2n) is 4.52. The predicted octanol–water partition coefficient (Wildman–Crippen LogP) is 4.26. The molecule has 0 aromatic heterocycles. The zero-order valence-electron chi connectivity index (χ0n) is 10.8. The average molecular weight is 228 g/mol. The molecule has 1 atom stereocenters. The molecule has 1 nitrogen and oxygen atoms in total. The number of carbonyl (C=O) groups is 1. The van der Waals surface area contributed by atoms with E-state index >= 15 is 0 Å². The summed E-state index contributed by atoms with van der Waals surface area (Å²) in [6, 6.07) is 10.2. The van der Waals surface area contributed by atoms with Crippen molar-refractivity contribution >= 4 is 11.9 Å². The van der Waals surface area contributed by atoms with Crippen LogP contribution in [-0.2, 0) is 4.79 Å². The van der Waals surface area contributed by atoms with E-state index in [0.29, 0.717) is 12.3 Å². The molecule has 90 valence electrons. The van der Waals surface area contributed by atoms with E-state index in [4.69, 9.17) is 0 Å². The SMILES string of the molecule is CC(=O)CC(C)=C[C@@H](C)C=Cc1ccccc1. The van der Waals surface area contributed by atoms with Gasteiger partial charge in [-0.25, -0.2) is 0 Å². The van der Waals surface area contributed by atoms with Crippen LogP contribution in [0.2, 0.25) is 0 Å². The van der Waals surface area contributed by atoms with Gasteiger partial charge in [-0.1, -0.05) is 61.1 Å². The van der Waals surface area contributed by atoms with Crippen LogP contribution in [0.5, 0.6) is 0 Å². The summed E-state index contributed by atoms with van der Waals surface area (Å²) in [6.07, 6.45) is 6.96. The Labute approximate surface area is 104 Å². The Morgan fingerprint density at radius 3 is 2.47 bits per heavy atom. The lowest BCUT2D eigenvalue weighted by Crippen LogP contribution is -1.93. The van der Waals surface area contributed by atoms with Crippen LogP contribution in [0.25, 0.3) is 6.08 Å². The summed E-state index contributed by atoms with van der Waals surface area (Å²) in [5.41, 5.74) is 2.35. The fourth-order valence-corrected chi connectivity index (χ4v) is 1.78. The van der Waals surface area contributed by atoms with Crippen molar-refractivity contribution in [3.8, 4) is 0 Å². The molecular formula is C16H20O. The minimum atomic E-state index is 0.220. The van der Waals surface area contributed by atoms with Gasteiger partial charge >= 0.3 is 0 Å². The fourth-order valence-electron chi connectivity index (χ4n) is 1.78. The fraction of sp³-hybridized carbons (Fsp3) is 0.312. The Morgan fingerprint density at radius 2 is 1.88 bits per heavy atom. The molecule has 0 N–H and O–H groups in total. The molecule has 0 radical (unpaired) electrons. The zero-order valence-corrected chi connectivity index (χ0v) is 10.8. The van der Waals surface area contributed by atoms with Crippen molar-refractivity contribution in [1.29, 1.82) is 0 Å².